The molecule has 0 saturated carbocycles. The number of methoxy groups -OCH3 is 2. The lowest BCUT2D eigenvalue weighted by Gasteiger charge is -2.18. The van der Waals surface area contributed by atoms with Crippen molar-refractivity contribution in [2.24, 2.45) is 0 Å². The molecule has 0 spiro atoms. The van der Waals surface area contributed by atoms with Crippen LogP contribution >= 0.6 is 12.4 Å². The van der Waals surface area contributed by atoms with Gasteiger partial charge >= 0.3 is 0 Å². The Morgan fingerprint density at radius 2 is 2.09 bits per heavy atom. The molecule has 23 heavy (non-hydrogen) atoms. The molecular formula is C16H22ClN3O3. The van der Waals surface area contributed by atoms with Crippen LogP contribution in [0.15, 0.2) is 22.7 Å². The Kier molecular flexibility index (Phi) is 6.24. The van der Waals surface area contributed by atoms with E-state index in [-0.39, 0.29) is 12.4 Å². The first-order valence-corrected chi connectivity index (χ1v) is 7.54. The third kappa shape index (κ3) is 4.14. The van der Waals surface area contributed by atoms with E-state index in [9.17, 15) is 0 Å². The topological polar surface area (TPSA) is 69.4 Å². The third-order valence-corrected chi connectivity index (χ3v) is 3.94. The van der Waals surface area contributed by atoms with Crippen molar-refractivity contribution in [3.63, 3.8) is 0 Å². The number of rotatable bonds is 5. The smallest absolute Gasteiger partial charge is 0.231 e. The standard InChI is InChI=1S/C16H21N3O3.ClH/c1-20-13-6-5-11(8-14(13)21-2)9-15-18-16(22-19-15)12-4-3-7-17-10-12;/h5-6,8,12,17H,3-4,7,9-10H2,1-2H3;1H. The van der Waals surface area contributed by atoms with Crippen molar-refractivity contribution in [3.05, 3.63) is 35.5 Å². The van der Waals surface area contributed by atoms with Crippen molar-refractivity contribution in [3.8, 4) is 11.5 Å². The molecular weight excluding hydrogens is 318 g/mol. The van der Waals surface area contributed by atoms with Gasteiger partial charge in [-0.25, -0.2) is 0 Å². The second-order valence-electron chi connectivity index (χ2n) is 5.46. The number of ether oxygens (including phenoxy) is 2. The fourth-order valence-corrected chi connectivity index (χ4v) is 2.74. The second kappa shape index (κ2) is 8.17. The van der Waals surface area contributed by atoms with Crippen LogP contribution in [0.3, 0.4) is 0 Å². The minimum absolute atomic E-state index is 0. The van der Waals surface area contributed by atoms with Gasteiger partial charge in [-0.15, -0.1) is 12.4 Å². The summed E-state index contributed by atoms with van der Waals surface area (Å²) >= 11 is 0. The van der Waals surface area contributed by atoms with Crippen molar-refractivity contribution < 1.29 is 14.0 Å². The summed E-state index contributed by atoms with van der Waals surface area (Å²) in [5.41, 5.74) is 1.06. The van der Waals surface area contributed by atoms with Crippen LogP contribution in [0, 0.1) is 0 Å². The Morgan fingerprint density at radius 3 is 2.78 bits per heavy atom. The van der Waals surface area contributed by atoms with Gasteiger partial charge in [0.15, 0.2) is 17.3 Å². The Balaban J connectivity index is 0.00000192. The molecule has 6 nitrogen and oxygen atoms in total. The van der Waals surface area contributed by atoms with E-state index in [1.54, 1.807) is 14.2 Å². The van der Waals surface area contributed by atoms with E-state index >= 15 is 0 Å². The summed E-state index contributed by atoms with van der Waals surface area (Å²) in [7, 11) is 3.26. The minimum Gasteiger partial charge on any atom is -0.493 e. The summed E-state index contributed by atoms with van der Waals surface area (Å²) in [5, 5.41) is 7.46. The van der Waals surface area contributed by atoms with Crippen LogP contribution in [0.1, 0.15) is 36.0 Å². The average Bonchev–Trinajstić information content (AvgIpc) is 3.04. The molecule has 0 radical (unpaired) electrons. The molecule has 126 valence electrons. The molecule has 7 heteroatoms. The van der Waals surface area contributed by atoms with Gasteiger partial charge in [-0.2, -0.15) is 4.98 Å². The number of hydrogen-bond donors (Lipinski definition) is 1. The highest BCUT2D eigenvalue weighted by molar-refractivity contribution is 5.85. The van der Waals surface area contributed by atoms with E-state index < -0.39 is 0 Å². The monoisotopic (exact) mass is 339 g/mol. The van der Waals surface area contributed by atoms with Crippen LogP contribution in [0.5, 0.6) is 11.5 Å². The van der Waals surface area contributed by atoms with E-state index in [1.807, 2.05) is 18.2 Å². The van der Waals surface area contributed by atoms with Gasteiger partial charge in [0.1, 0.15) is 0 Å². The summed E-state index contributed by atoms with van der Waals surface area (Å²) in [4.78, 5) is 4.54. The quantitative estimate of drug-likeness (QED) is 0.902. The Bertz CT molecular complexity index is 627. The van der Waals surface area contributed by atoms with E-state index in [1.165, 1.54) is 0 Å². The third-order valence-electron chi connectivity index (χ3n) is 3.94. The maximum atomic E-state index is 5.42. The van der Waals surface area contributed by atoms with Gasteiger partial charge in [0, 0.05) is 13.0 Å². The number of aromatic nitrogens is 2. The fourth-order valence-electron chi connectivity index (χ4n) is 2.74. The molecule has 1 N–H and O–H groups in total. The number of nitrogens with one attached hydrogen (secondary N) is 1. The molecule has 1 unspecified atom stereocenters. The number of benzene rings is 1. The zero-order chi connectivity index (χ0) is 15.4. The van der Waals surface area contributed by atoms with Gasteiger partial charge in [-0.05, 0) is 37.1 Å². The van der Waals surface area contributed by atoms with E-state index in [0.29, 0.717) is 29.7 Å². The first kappa shape index (κ1) is 17.6. The fraction of sp³-hybridized carbons (Fsp3) is 0.500. The predicted molar refractivity (Wildman–Crippen MR) is 88.7 cm³/mol. The molecule has 1 atom stereocenters. The molecule has 3 rings (SSSR count). The molecule has 1 fully saturated rings. The van der Waals surface area contributed by atoms with Crippen molar-refractivity contribution in [2.75, 3.05) is 27.3 Å². The van der Waals surface area contributed by atoms with Gasteiger partial charge in [-0.3, -0.25) is 0 Å². The highest BCUT2D eigenvalue weighted by Crippen LogP contribution is 2.28. The maximum Gasteiger partial charge on any atom is 0.231 e. The molecule has 1 aliphatic heterocycles. The summed E-state index contributed by atoms with van der Waals surface area (Å²) in [5.74, 6) is 3.20. The normalized spacial score (nSPS) is 17.4. The molecule has 0 bridgehead atoms. The Labute approximate surface area is 142 Å². The van der Waals surface area contributed by atoms with Crippen LogP contribution in [-0.4, -0.2) is 37.4 Å². The first-order chi connectivity index (χ1) is 10.8. The molecule has 1 aromatic carbocycles. The van der Waals surface area contributed by atoms with Gasteiger partial charge < -0.3 is 19.3 Å². The summed E-state index contributed by atoms with van der Waals surface area (Å²) < 4.78 is 16.0. The number of hydrogen-bond acceptors (Lipinski definition) is 6. The molecule has 2 heterocycles. The molecule has 2 aromatic rings. The highest BCUT2D eigenvalue weighted by atomic mass is 35.5. The van der Waals surface area contributed by atoms with Crippen LogP contribution in [0.25, 0.3) is 0 Å². The average molecular weight is 340 g/mol. The Morgan fingerprint density at radius 1 is 1.26 bits per heavy atom. The van der Waals surface area contributed by atoms with Crippen molar-refractivity contribution >= 4 is 12.4 Å². The van der Waals surface area contributed by atoms with E-state index in [4.69, 9.17) is 14.0 Å². The molecule has 1 saturated heterocycles. The number of halogens is 1. The lowest BCUT2D eigenvalue weighted by molar-refractivity contribution is 0.320. The zero-order valence-corrected chi connectivity index (χ0v) is 14.2. The number of nitrogens with zero attached hydrogens (tertiary/aromatic N) is 2. The summed E-state index contributed by atoms with van der Waals surface area (Å²) in [6.07, 6.45) is 2.87. The SMILES string of the molecule is COc1ccc(Cc2noc(C3CCCNC3)n2)cc1OC.Cl. The van der Waals surface area contributed by atoms with Crippen molar-refractivity contribution in [2.45, 2.75) is 25.2 Å². The van der Waals surface area contributed by atoms with Crippen LogP contribution in [0.2, 0.25) is 0 Å². The van der Waals surface area contributed by atoms with Gasteiger partial charge in [0.25, 0.3) is 0 Å². The highest BCUT2D eigenvalue weighted by Gasteiger charge is 2.21. The van der Waals surface area contributed by atoms with Crippen molar-refractivity contribution in [1.29, 1.82) is 0 Å². The van der Waals surface area contributed by atoms with Crippen LogP contribution in [-0.2, 0) is 6.42 Å². The van der Waals surface area contributed by atoms with Gasteiger partial charge in [-0.1, -0.05) is 11.2 Å². The predicted octanol–water partition coefficient (Wildman–Crippen LogP) is 2.57. The summed E-state index contributed by atoms with van der Waals surface area (Å²) in [6, 6.07) is 5.82. The van der Waals surface area contributed by atoms with Crippen molar-refractivity contribution in [1.82, 2.24) is 15.5 Å². The maximum absolute atomic E-state index is 5.42. The minimum atomic E-state index is 0. The lowest BCUT2D eigenvalue weighted by Crippen LogP contribution is -2.28. The first-order valence-electron chi connectivity index (χ1n) is 7.54. The van der Waals surface area contributed by atoms with Crippen LogP contribution in [0.4, 0.5) is 0 Å². The largest absolute Gasteiger partial charge is 0.493 e. The van der Waals surface area contributed by atoms with Gasteiger partial charge in [0.05, 0.1) is 20.1 Å². The lowest BCUT2D eigenvalue weighted by atomic mass is 10.00. The molecule has 1 aliphatic rings. The zero-order valence-electron chi connectivity index (χ0n) is 13.4. The van der Waals surface area contributed by atoms with E-state index in [2.05, 4.69) is 15.5 Å². The summed E-state index contributed by atoms with van der Waals surface area (Å²) in [6.45, 7) is 1.99. The molecule has 0 aliphatic carbocycles. The molecule has 1 aromatic heterocycles. The van der Waals surface area contributed by atoms with Gasteiger partial charge in [0.2, 0.25) is 5.89 Å². The second-order valence-corrected chi connectivity index (χ2v) is 5.46. The van der Waals surface area contributed by atoms with E-state index in [0.717, 1.165) is 37.4 Å². The molecule has 0 amide bonds. The van der Waals surface area contributed by atoms with Crippen LogP contribution < -0.4 is 14.8 Å². The Hall–Kier alpha value is -1.79. The number of piperidine rings is 1.